The minimum Gasteiger partial charge on any atom is -0.339 e. The summed E-state index contributed by atoms with van der Waals surface area (Å²) >= 11 is 0. The molecule has 1 saturated heterocycles. The fourth-order valence-electron chi connectivity index (χ4n) is 1.21. The van der Waals surface area contributed by atoms with E-state index in [0.29, 0.717) is 6.54 Å². The van der Waals surface area contributed by atoms with Crippen molar-refractivity contribution in [3.63, 3.8) is 0 Å². The number of amides is 1. The van der Waals surface area contributed by atoms with Crippen LogP contribution in [-0.2, 0) is 4.79 Å². The van der Waals surface area contributed by atoms with Crippen LogP contribution in [0.4, 0.5) is 0 Å². The van der Waals surface area contributed by atoms with Crippen molar-refractivity contribution in [1.29, 1.82) is 0 Å². The van der Waals surface area contributed by atoms with Crippen molar-refractivity contribution in [3.8, 4) is 0 Å². The van der Waals surface area contributed by atoms with Gasteiger partial charge in [0, 0.05) is 12.6 Å². The molecular weight excluding hydrogens is 140 g/mol. The highest BCUT2D eigenvalue weighted by atomic mass is 16.2. The van der Waals surface area contributed by atoms with Gasteiger partial charge in [0.15, 0.2) is 0 Å². The van der Waals surface area contributed by atoms with E-state index in [9.17, 15) is 4.79 Å². The third-order valence-electron chi connectivity index (χ3n) is 2.47. The average molecular weight is 156 g/mol. The minimum atomic E-state index is 0.0145. The first kappa shape index (κ1) is 8.53. The second kappa shape index (κ2) is 2.81. The molecular formula is C8H16N2O. The van der Waals surface area contributed by atoms with E-state index in [1.54, 1.807) is 0 Å². The fourth-order valence-corrected chi connectivity index (χ4v) is 1.21. The van der Waals surface area contributed by atoms with Gasteiger partial charge in [-0.3, -0.25) is 4.79 Å². The van der Waals surface area contributed by atoms with Crippen molar-refractivity contribution in [1.82, 2.24) is 10.2 Å². The Bertz CT molecular complexity index is 165. The minimum absolute atomic E-state index is 0.0145. The van der Waals surface area contributed by atoms with Gasteiger partial charge in [0.1, 0.15) is 0 Å². The molecule has 0 aromatic heterocycles. The zero-order valence-electron chi connectivity index (χ0n) is 7.48. The van der Waals surface area contributed by atoms with Gasteiger partial charge in [-0.1, -0.05) is 0 Å². The monoisotopic (exact) mass is 156 g/mol. The second-order valence-electron chi connectivity index (χ2n) is 3.69. The summed E-state index contributed by atoms with van der Waals surface area (Å²) in [5, 5.41) is 3.09. The molecule has 1 aliphatic heterocycles. The van der Waals surface area contributed by atoms with Gasteiger partial charge in [-0.2, -0.15) is 0 Å². The molecule has 1 fully saturated rings. The third kappa shape index (κ3) is 1.71. The number of hydrogen-bond acceptors (Lipinski definition) is 2. The quantitative estimate of drug-likeness (QED) is 0.544. The normalized spacial score (nSPS) is 25.0. The maximum absolute atomic E-state index is 11.3. The van der Waals surface area contributed by atoms with Gasteiger partial charge in [-0.25, -0.2) is 0 Å². The summed E-state index contributed by atoms with van der Waals surface area (Å²) in [5.74, 6) is 0.188. The third-order valence-corrected chi connectivity index (χ3v) is 2.47. The van der Waals surface area contributed by atoms with Gasteiger partial charge in [-0.15, -0.1) is 0 Å². The Labute approximate surface area is 67.8 Å². The van der Waals surface area contributed by atoms with Gasteiger partial charge in [0.25, 0.3) is 0 Å². The molecule has 11 heavy (non-hydrogen) atoms. The van der Waals surface area contributed by atoms with Crippen LogP contribution in [0.3, 0.4) is 0 Å². The lowest BCUT2D eigenvalue weighted by Gasteiger charge is -2.33. The summed E-state index contributed by atoms with van der Waals surface area (Å²) in [6.45, 7) is 5.61. The van der Waals surface area contributed by atoms with Gasteiger partial charge in [-0.05, 0) is 26.8 Å². The van der Waals surface area contributed by atoms with Crippen molar-refractivity contribution < 1.29 is 4.79 Å². The van der Waals surface area contributed by atoms with E-state index in [4.69, 9.17) is 0 Å². The van der Waals surface area contributed by atoms with Crippen molar-refractivity contribution in [3.05, 3.63) is 0 Å². The van der Waals surface area contributed by atoms with Gasteiger partial charge < -0.3 is 10.2 Å². The zero-order chi connectivity index (χ0) is 8.48. The first-order valence-corrected chi connectivity index (χ1v) is 4.01. The van der Waals surface area contributed by atoms with Crippen molar-refractivity contribution in [2.24, 2.45) is 0 Å². The topological polar surface area (TPSA) is 32.3 Å². The van der Waals surface area contributed by atoms with Crippen LogP contribution in [0, 0.1) is 0 Å². The molecule has 0 aromatic rings. The highest BCUT2D eigenvalue weighted by Crippen LogP contribution is 2.17. The Kier molecular flexibility index (Phi) is 2.18. The zero-order valence-corrected chi connectivity index (χ0v) is 7.48. The molecule has 0 radical (unpaired) electrons. The van der Waals surface area contributed by atoms with Crippen LogP contribution in [0.15, 0.2) is 0 Å². The predicted octanol–water partition coefficient (Wildman–Crippen LogP) is 0.217. The van der Waals surface area contributed by atoms with E-state index >= 15 is 0 Å². The SMILES string of the molecule is CN1C(=O)CNCCC1(C)C. The van der Waals surface area contributed by atoms with Crippen LogP contribution in [0.2, 0.25) is 0 Å². The first-order chi connectivity index (χ1) is 5.04. The molecule has 0 spiro atoms. The Morgan fingerprint density at radius 2 is 2.18 bits per heavy atom. The van der Waals surface area contributed by atoms with E-state index < -0.39 is 0 Å². The van der Waals surface area contributed by atoms with Crippen molar-refractivity contribution in [2.45, 2.75) is 25.8 Å². The number of rotatable bonds is 0. The summed E-state index contributed by atoms with van der Waals surface area (Å²) in [6.07, 6.45) is 1.02. The van der Waals surface area contributed by atoms with Crippen LogP contribution in [0.5, 0.6) is 0 Å². The molecule has 0 unspecified atom stereocenters. The van der Waals surface area contributed by atoms with E-state index in [1.165, 1.54) is 0 Å². The Balaban J connectivity index is 2.73. The molecule has 0 bridgehead atoms. The van der Waals surface area contributed by atoms with E-state index in [-0.39, 0.29) is 11.4 Å². The summed E-state index contributed by atoms with van der Waals surface area (Å²) in [4.78, 5) is 13.1. The lowest BCUT2D eigenvalue weighted by Crippen LogP contribution is -2.44. The van der Waals surface area contributed by atoms with Crippen LogP contribution in [0.1, 0.15) is 20.3 Å². The Morgan fingerprint density at radius 1 is 1.55 bits per heavy atom. The van der Waals surface area contributed by atoms with Gasteiger partial charge >= 0.3 is 0 Å². The number of nitrogens with one attached hydrogen (secondary N) is 1. The van der Waals surface area contributed by atoms with E-state index in [2.05, 4.69) is 19.2 Å². The second-order valence-corrected chi connectivity index (χ2v) is 3.69. The Hall–Kier alpha value is -0.570. The summed E-state index contributed by atoms with van der Waals surface area (Å²) < 4.78 is 0. The molecule has 0 saturated carbocycles. The number of carbonyl (C=O) groups is 1. The average Bonchev–Trinajstić information content (AvgIpc) is 2.03. The molecule has 64 valence electrons. The van der Waals surface area contributed by atoms with E-state index in [0.717, 1.165) is 13.0 Å². The summed E-state index contributed by atoms with van der Waals surface area (Å²) in [7, 11) is 1.87. The molecule has 0 atom stereocenters. The highest BCUT2D eigenvalue weighted by molar-refractivity contribution is 5.79. The maximum atomic E-state index is 11.3. The molecule has 1 heterocycles. The first-order valence-electron chi connectivity index (χ1n) is 4.01. The Morgan fingerprint density at radius 3 is 2.82 bits per heavy atom. The van der Waals surface area contributed by atoms with Crippen LogP contribution in [0.25, 0.3) is 0 Å². The molecule has 1 aliphatic rings. The highest BCUT2D eigenvalue weighted by Gasteiger charge is 2.28. The standard InChI is InChI=1S/C8H16N2O/c1-8(2)4-5-9-6-7(11)10(8)3/h9H,4-6H2,1-3H3. The van der Waals surface area contributed by atoms with Gasteiger partial charge in [0.2, 0.25) is 5.91 Å². The summed E-state index contributed by atoms with van der Waals surface area (Å²) in [5.41, 5.74) is 0.0145. The van der Waals surface area contributed by atoms with Crippen LogP contribution >= 0.6 is 0 Å². The van der Waals surface area contributed by atoms with Gasteiger partial charge in [0.05, 0.1) is 6.54 Å². The van der Waals surface area contributed by atoms with Crippen molar-refractivity contribution >= 4 is 5.91 Å². The largest absolute Gasteiger partial charge is 0.339 e. The predicted molar refractivity (Wildman–Crippen MR) is 44.3 cm³/mol. The molecule has 3 heteroatoms. The smallest absolute Gasteiger partial charge is 0.236 e. The molecule has 1 N–H and O–H groups in total. The number of likely N-dealkylation sites (N-methyl/N-ethyl adjacent to an activating group) is 1. The lowest BCUT2D eigenvalue weighted by atomic mass is 9.99. The van der Waals surface area contributed by atoms with Crippen LogP contribution in [-0.4, -0.2) is 36.5 Å². The molecule has 1 amide bonds. The van der Waals surface area contributed by atoms with Crippen molar-refractivity contribution in [2.75, 3.05) is 20.1 Å². The maximum Gasteiger partial charge on any atom is 0.236 e. The van der Waals surface area contributed by atoms with E-state index in [1.807, 2.05) is 11.9 Å². The summed E-state index contributed by atoms with van der Waals surface area (Å²) in [6, 6.07) is 0. The molecule has 0 aromatic carbocycles. The van der Waals surface area contributed by atoms with Crippen LogP contribution < -0.4 is 5.32 Å². The molecule has 3 nitrogen and oxygen atoms in total. The fraction of sp³-hybridized carbons (Fsp3) is 0.875. The lowest BCUT2D eigenvalue weighted by molar-refractivity contribution is -0.132. The molecule has 0 aliphatic carbocycles. The number of hydrogen-bond donors (Lipinski definition) is 1. The number of carbonyl (C=O) groups excluding carboxylic acids is 1. The number of nitrogens with zero attached hydrogens (tertiary/aromatic N) is 1. The molecule has 1 rings (SSSR count).